The fraction of sp³-hybridized carbons (Fsp3) is 0.632. The first-order chi connectivity index (χ1) is 22.3. The number of hydrogen-bond donors (Lipinski definition) is 0. The molecule has 2 aromatic rings. The normalized spacial score (nSPS) is 21.2. The van der Waals surface area contributed by atoms with Crippen molar-refractivity contribution in [3.8, 4) is 5.75 Å². The van der Waals surface area contributed by atoms with Crippen LogP contribution in [0.1, 0.15) is 89.3 Å². The van der Waals surface area contributed by atoms with Gasteiger partial charge in [0.15, 0.2) is 14.9 Å². The lowest BCUT2D eigenvalue weighted by atomic mass is 9.73. The van der Waals surface area contributed by atoms with Crippen LogP contribution in [0.3, 0.4) is 0 Å². The van der Waals surface area contributed by atoms with Crippen LogP contribution in [0.25, 0.3) is 0 Å². The lowest BCUT2D eigenvalue weighted by Gasteiger charge is -2.36. The molecule has 0 bridgehead atoms. The van der Waals surface area contributed by atoms with Gasteiger partial charge in [-0.05, 0) is 97.2 Å². The molecule has 0 heterocycles. The van der Waals surface area contributed by atoms with Crippen LogP contribution in [0.15, 0.2) is 48.5 Å². The predicted molar refractivity (Wildman–Crippen MR) is 183 cm³/mol. The third-order valence-electron chi connectivity index (χ3n) is 10.6. The first-order valence-corrected chi connectivity index (χ1v) is 20.2. The van der Waals surface area contributed by atoms with Gasteiger partial charge in [0.05, 0.1) is 7.11 Å². The van der Waals surface area contributed by atoms with E-state index in [1.807, 2.05) is 42.5 Å². The van der Waals surface area contributed by atoms with Crippen LogP contribution >= 0.6 is 0 Å². The summed E-state index contributed by atoms with van der Waals surface area (Å²) in [7, 11) is -0.365. The van der Waals surface area contributed by atoms with E-state index < -0.39 is 14.5 Å². The molecule has 254 valence electrons. The third kappa shape index (κ3) is 9.60. The molecule has 5 atom stereocenters. The van der Waals surface area contributed by atoms with Gasteiger partial charge in [-0.2, -0.15) is 0 Å². The molecule has 7 nitrogen and oxygen atoms in total. The number of carbonyl (C=O) groups is 2. The second kappa shape index (κ2) is 17.9. The molecule has 1 fully saturated rings. The van der Waals surface area contributed by atoms with Gasteiger partial charge >= 0.3 is 12.1 Å². The van der Waals surface area contributed by atoms with E-state index in [1.165, 1.54) is 31.9 Å². The third-order valence-corrected chi connectivity index (χ3v) is 15.3. The van der Waals surface area contributed by atoms with Crippen molar-refractivity contribution in [3.63, 3.8) is 0 Å². The van der Waals surface area contributed by atoms with E-state index in [-0.39, 0.29) is 37.3 Å². The first kappa shape index (κ1) is 36.0. The first-order valence-electron chi connectivity index (χ1n) is 17.7. The van der Waals surface area contributed by atoms with Gasteiger partial charge in [0.2, 0.25) is 0 Å². The standard InChI is InChI=1S/C38H56O7Si/c1-6-10-12-19-31(45-46(7-2,8-3)9-4)21-22-32-33-23-29-18-15-20-35(34(29)24-30(33)25-36(32)44-38(40)41-5)42-27-37(39)43-26-28-16-13-11-14-17-28/h11,13-18,20,30-33,36H,6-10,12,19,21-27H2,1-5H3/t30-,31?,32+,33-,36+/m0/s1. The molecule has 8 heteroatoms. The Hall–Kier alpha value is -2.84. The molecule has 1 unspecified atom stereocenters. The van der Waals surface area contributed by atoms with Gasteiger partial charge in [-0.3, -0.25) is 0 Å². The summed E-state index contributed by atoms with van der Waals surface area (Å²) in [5.41, 5.74) is 3.35. The molecule has 0 spiro atoms. The molecular formula is C38H56O7Si. The minimum Gasteiger partial charge on any atom is -0.482 e. The quantitative estimate of drug-likeness (QED) is 0.0903. The Kier molecular flexibility index (Phi) is 14.0. The highest BCUT2D eigenvalue weighted by Crippen LogP contribution is 2.50. The smallest absolute Gasteiger partial charge is 0.482 e. The summed E-state index contributed by atoms with van der Waals surface area (Å²) in [6.45, 7) is 9.25. The summed E-state index contributed by atoms with van der Waals surface area (Å²) in [4.78, 5) is 24.9. The lowest BCUT2D eigenvalue weighted by molar-refractivity contribution is -0.147. The number of benzene rings is 2. The van der Waals surface area contributed by atoms with Crippen molar-refractivity contribution in [2.75, 3.05) is 13.7 Å². The highest BCUT2D eigenvalue weighted by atomic mass is 28.4. The molecule has 2 aromatic carbocycles. The molecule has 0 radical (unpaired) electrons. The minimum atomic E-state index is -1.75. The minimum absolute atomic E-state index is 0.133. The number of unbranched alkanes of at least 4 members (excludes halogenated alkanes) is 2. The summed E-state index contributed by atoms with van der Waals surface area (Å²) in [6.07, 6.45) is 8.70. The lowest BCUT2D eigenvalue weighted by Crippen LogP contribution is -2.40. The summed E-state index contributed by atoms with van der Waals surface area (Å²) >= 11 is 0. The Morgan fingerprint density at radius 1 is 0.913 bits per heavy atom. The fourth-order valence-corrected chi connectivity index (χ4v) is 10.7. The number of methoxy groups -OCH3 is 1. The Morgan fingerprint density at radius 3 is 2.37 bits per heavy atom. The zero-order valence-corrected chi connectivity index (χ0v) is 29.8. The maximum Gasteiger partial charge on any atom is 0.508 e. The SMILES string of the molecule is CCCCCC(CC[C@@H]1[C@H]2Cc3cccc(OCC(=O)OCc4ccccc4)c3C[C@H]2C[C@H]1OC(=O)OC)O[Si](CC)(CC)CC. The number of fused-ring (bicyclic) bond motifs is 2. The number of hydrogen-bond acceptors (Lipinski definition) is 7. The van der Waals surface area contributed by atoms with Gasteiger partial charge < -0.3 is 23.4 Å². The zero-order chi connectivity index (χ0) is 32.9. The summed E-state index contributed by atoms with van der Waals surface area (Å²) in [5.74, 6) is 1.35. The van der Waals surface area contributed by atoms with E-state index in [9.17, 15) is 9.59 Å². The monoisotopic (exact) mass is 652 g/mol. The molecule has 0 amide bonds. The van der Waals surface area contributed by atoms with E-state index in [1.54, 1.807) is 0 Å². The molecule has 4 rings (SSSR count). The average Bonchev–Trinajstić information content (AvgIpc) is 3.42. The highest BCUT2D eigenvalue weighted by Gasteiger charge is 2.47. The number of ether oxygens (including phenoxy) is 4. The van der Waals surface area contributed by atoms with Crippen molar-refractivity contribution in [1.29, 1.82) is 0 Å². The van der Waals surface area contributed by atoms with Crippen LogP contribution in [0, 0.1) is 17.8 Å². The van der Waals surface area contributed by atoms with E-state index >= 15 is 0 Å². The predicted octanol–water partition coefficient (Wildman–Crippen LogP) is 9.06. The molecular weight excluding hydrogens is 596 g/mol. The van der Waals surface area contributed by atoms with Gasteiger partial charge in [0.1, 0.15) is 18.5 Å². The van der Waals surface area contributed by atoms with E-state index in [2.05, 4.69) is 33.8 Å². The summed E-state index contributed by atoms with van der Waals surface area (Å²) in [5, 5.41) is 0. The van der Waals surface area contributed by atoms with Gasteiger partial charge in [-0.15, -0.1) is 0 Å². The molecule has 46 heavy (non-hydrogen) atoms. The van der Waals surface area contributed by atoms with Crippen LogP contribution < -0.4 is 4.74 Å². The topological polar surface area (TPSA) is 80.3 Å². The number of rotatable bonds is 18. The Bertz CT molecular complexity index is 1220. The van der Waals surface area contributed by atoms with Gasteiger partial charge in [-0.1, -0.05) is 89.4 Å². The van der Waals surface area contributed by atoms with Crippen molar-refractivity contribution >= 4 is 20.4 Å². The average molecular weight is 653 g/mol. The Labute approximate surface area is 277 Å². The van der Waals surface area contributed by atoms with Crippen LogP contribution in [0.2, 0.25) is 18.1 Å². The molecule has 0 N–H and O–H groups in total. The Balaban J connectivity index is 1.45. The van der Waals surface area contributed by atoms with Crippen LogP contribution in [0.5, 0.6) is 5.75 Å². The van der Waals surface area contributed by atoms with E-state index in [0.29, 0.717) is 11.8 Å². The fourth-order valence-electron chi connectivity index (χ4n) is 7.75. The second-order valence-corrected chi connectivity index (χ2v) is 18.0. The van der Waals surface area contributed by atoms with Gasteiger partial charge in [0, 0.05) is 6.10 Å². The van der Waals surface area contributed by atoms with Crippen molar-refractivity contribution in [2.45, 2.75) is 122 Å². The van der Waals surface area contributed by atoms with Crippen molar-refractivity contribution in [2.24, 2.45) is 17.8 Å². The maximum atomic E-state index is 12.5. The van der Waals surface area contributed by atoms with Gasteiger partial charge in [-0.25, -0.2) is 9.59 Å². The van der Waals surface area contributed by atoms with Crippen LogP contribution in [0.4, 0.5) is 4.79 Å². The van der Waals surface area contributed by atoms with E-state index in [4.69, 9.17) is 23.4 Å². The van der Waals surface area contributed by atoms with E-state index in [0.717, 1.165) is 73.5 Å². The largest absolute Gasteiger partial charge is 0.508 e. The maximum absolute atomic E-state index is 12.5. The van der Waals surface area contributed by atoms with Crippen molar-refractivity contribution in [3.05, 3.63) is 65.2 Å². The van der Waals surface area contributed by atoms with Crippen molar-refractivity contribution in [1.82, 2.24) is 0 Å². The molecule has 1 saturated carbocycles. The van der Waals surface area contributed by atoms with Crippen LogP contribution in [-0.4, -0.2) is 46.4 Å². The summed E-state index contributed by atoms with van der Waals surface area (Å²) < 4.78 is 29.5. The highest BCUT2D eigenvalue weighted by molar-refractivity contribution is 6.73. The second-order valence-electron chi connectivity index (χ2n) is 13.2. The van der Waals surface area contributed by atoms with Crippen molar-refractivity contribution < 1.29 is 33.0 Å². The summed E-state index contributed by atoms with van der Waals surface area (Å²) in [6, 6.07) is 19.2. The van der Waals surface area contributed by atoms with Gasteiger partial charge in [0.25, 0.3) is 0 Å². The molecule has 0 aromatic heterocycles. The molecule has 2 aliphatic rings. The number of carbonyl (C=O) groups excluding carboxylic acids is 2. The number of esters is 1. The zero-order valence-electron chi connectivity index (χ0n) is 28.8. The molecule has 0 saturated heterocycles. The molecule has 2 aliphatic carbocycles. The molecule has 0 aliphatic heterocycles. The van der Waals surface area contributed by atoms with Crippen LogP contribution in [-0.2, 0) is 42.9 Å². The Morgan fingerprint density at radius 2 is 1.67 bits per heavy atom.